The number of nitrogens with one attached hydrogen (secondary N) is 1. The summed E-state index contributed by atoms with van der Waals surface area (Å²) in [5.41, 5.74) is 0. The van der Waals surface area contributed by atoms with Gasteiger partial charge in [0.05, 0.1) is 12.4 Å². The summed E-state index contributed by atoms with van der Waals surface area (Å²) in [5.74, 6) is 0.814. The van der Waals surface area contributed by atoms with Crippen molar-refractivity contribution in [3.8, 4) is 0 Å². The van der Waals surface area contributed by atoms with Crippen LogP contribution in [0.3, 0.4) is 0 Å². The molecule has 0 atom stereocenters. The van der Waals surface area contributed by atoms with E-state index >= 15 is 0 Å². The first-order valence-electron chi connectivity index (χ1n) is 4.57. The zero-order valence-corrected chi connectivity index (χ0v) is 9.25. The van der Waals surface area contributed by atoms with Crippen LogP contribution < -0.4 is 10.2 Å². The largest absolute Gasteiger partial charge is 0.358 e. The highest BCUT2D eigenvalue weighted by Crippen LogP contribution is 2.10. The number of hydrogen-bond acceptors (Lipinski definition) is 4. The third-order valence-electron chi connectivity index (χ3n) is 1.90. The highest BCUT2D eigenvalue weighted by Gasteiger charge is 2.02. The van der Waals surface area contributed by atoms with Crippen LogP contribution in [-0.2, 0) is 0 Å². The van der Waals surface area contributed by atoms with E-state index in [0.717, 1.165) is 25.3 Å². The highest BCUT2D eigenvalue weighted by molar-refractivity contribution is 6.29. The molecule has 0 saturated carbocycles. The number of hydrogen-bond donors (Lipinski definition) is 1. The molecular weight excluding hydrogens is 200 g/mol. The van der Waals surface area contributed by atoms with Gasteiger partial charge in [0, 0.05) is 13.6 Å². The van der Waals surface area contributed by atoms with Crippen LogP contribution in [-0.4, -0.2) is 37.2 Å². The fourth-order valence-corrected chi connectivity index (χ4v) is 1.27. The van der Waals surface area contributed by atoms with Crippen LogP contribution >= 0.6 is 11.6 Å². The molecule has 14 heavy (non-hydrogen) atoms. The average Bonchev–Trinajstić information content (AvgIpc) is 2.18. The minimum atomic E-state index is 0.433. The summed E-state index contributed by atoms with van der Waals surface area (Å²) in [6, 6.07) is 0. The minimum absolute atomic E-state index is 0.433. The number of rotatable bonds is 5. The fraction of sp³-hybridized carbons (Fsp3) is 0.556. The van der Waals surface area contributed by atoms with E-state index < -0.39 is 0 Å². The van der Waals surface area contributed by atoms with Gasteiger partial charge in [0.15, 0.2) is 0 Å². The molecule has 1 heterocycles. The van der Waals surface area contributed by atoms with Crippen LogP contribution in [0.4, 0.5) is 5.82 Å². The van der Waals surface area contributed by atoms with Crippen molar-refractivity contribution in [3.63, 3.8) is 0 Å². The van der Waals surface area contributed by atoms with Crippen LogP contribution in [0.1, 0.15) is 6.42 Å². The monoisotopic (exact) mass is 214 g/mol. The Morgan fingerprint density at radius 2 is 2.29 bits per heavy atom. The van der Waals surface area contributed by atoms with Crippen LogP contribution in [0, 0.1) is 0 Å². The first-order chi connectivity index (χ1) is 6.74. The SMILES string of the molecule is CNCCCN(C)c1cncc(Cl)n1. The van der Waals surface area contributed by atoms with E-state index in [4.69, 9.17) is 11.6 Å². The molecule has 0 unspecified atom stereocenters. The van der Waals surface area contributed by atoms with Crippen molar-refractivity contribution < 1.29 is 0 Å². The second-order valence-electron chi connectivity index (χ2n) is 3.08. The first kappa shape index (κ1) is 11.2. The lowest BCUT2D eigenvalue weighted by Crippen LogP contribution is -2.23. The average molecular weight is 215 g/mol. The lowest BCUT2D eigenvalue weighted by atomic mass is 10.4. The molecule has 1 rings (SSSR count). The maximum atomic E-state index is 5.74. The van der Waals surface area contributed by atoms with Crippen LogP contribution in [0.2, 0.25) is 5.15 Å². The Bertz CT molecular complexity index is 279. The third kappa shape index (κ3) is 3.47. The molecule has 1 aromatic rings. The second-order valence-corrected chi connectivity index (χ2v) is 3.47. The van der Waals surface area contributed by atoms with E-state index in [1.165, 1.54) is 6.20 Å². The van der Waals surface area contributed by atoms with E-state index in [0.29, 0.717) is 5.15 Å². The van der Waals surface area contributed by atoms with Gasteiger partial charge in [0.2, 0.25) is 0 Å². The van der Waals surface area contributed by atoms with E-state index in [1.807, 2.05) is 19.0 Å². The smallest absolute Gasteiger partial charge is 0.149 e. The summed E-state index contributed by atoms with van der Waals surface area (Å²) in [6.07, 6.45) is 4.32. The summed E-state index contributed by atoms with van der Waals surface area (Å²) >= 11 is 5.74. The molecule has 5 heteroatoms. The molecule has 0 bridgehead atoms. The maximum Gasteiger partial charge on any atom is 0.149 e. The molecule has 4 nitrogen and oxygen atoms in total. The summed E-state index contributed by atoms with van der Waals surface area (Å²) < 4.78 is 0. The number of anilines is 1. The molecule has 0 spiro atoms. The van der Waals surface area contributed by atoms with E-state index in [1.54, 1.807) is 6.20 Å². The van der Waals surface area contributed by atoms with Gasteiger partial charge in [-0.15, -0.1) is 0 Å². The predicted octanol–water partition coefficient (Wildman–Crippen LogP) is 1.18. The Morgan fingerprint density at radius 3 is 2.93 bits per heavy atom. The van der Waals surface area contributed by atoms with Gasteiger partial charge in [-0.05, 0) is 20.0 Å². The lowest BCUT2D eigenvalue weighted by Gasteiger charge is -2.17. The van der Waals surface area contributed by atoms with E-state index in [9.17, 15) is 0 Å². The number of halogens is 1. The molecule has 0 radical (unpaired) electrons. The normalized spacial score (nSPS) is 10.2. The predicted molar refractivity (Wildman–Crippen MR) is 58.9 cm³/mol. The van der Waals surface area contributed by atoms with Crippen molar-refractivity contribution in [3.05, 3.63) is 17.5 Å². The summed E-state index contributed by atoms with van der Waals surface area (Å²) in [4.78, 5) is 10.2. The van der Waals surface area contributed by atoms with Crippen molar-refractivity contribution in [1.29, 1.82) is 0 Å². The molecular formula is C9H15ClN4. The van der Waals surface area contributed by atoms with Gasteiger partial charge in [-0.25, -0.2) is 4.98 Å². The zero-order valence-electron chi connectivity index (χ0n) is 8.50. The summed E-state index contributed by atoms with van der Waals surface area (Å²) in [5, 5.41) is 3.53. The van der Waals surface area contributed by atoms with Crippen LogP contribution in [0.5, 0.6) is 0 Å². The van der Waals surface area contributed by atoms with E-state index in [2.05, 4.69) is 15.3 Å². The molecule has 0 amide bonds. The quantitative estimate of drug-likeness (QED) is 0.748. The Kier molecular flexibility index (Phi) is 4.62. The Labute approximate surface area is 89.3 Å². The standard InChI is InChI=1S/C9H15ClN4/c1-11-4-3-5-14(2)9-7-12-6-8(10)13-9/h6-7,11H,3-5H2,1-2H3. The minimum Gasteiger partial charge on any atom is -0.358 e. The third-order valence-corrected chi connectivity index (χ3v) is 2.09. The first-order valence-corrected chi connectivity index (χ1v) is 4.95. The van der Waals surface area contributed by atoms with Gasteiger partial charge < -0.3 is 10.2 Å². The molecule has 0 saturated heterocycles. The molecule has 0 fully saturated rings. The molecule has 0 aromatic carbocycles. The molecule has 78 valence electrons. The fourth-order valence-electron chi connectivity index (χ4n) is 1.12. The van der Waals surface area contributed by atoms with Crippen LogP contribution in [0.25, 0.3) is 0 Å². The van der Waals surface area contributed by atoms with Gasteiger partial charge in [0.1, 0.15) is 11.0 Å². The molecule has 0 aliphatic rings. The van der Waals surface area contributed by atoms with Crippen molar-refractivity contribution in [2.24, 2.45) is 0 Å². The van der Waals surface area contributed by atoms with E-state index in [-0.39, 0.29) is 0 Å². The van der Waals surface area contributed by atoms with Gasteiger partial charge in [-0.1, -0.05) is 11.6 Å². The van der Waals surface area contributed by atoms with Gasteiger partial charge in [-0.2, -0.15) is 0 Å². The van der Waals surface area contributed by atoms with Crippen LogP contribution in [0.15, 0.2) is 12.4 Å². The molecule has 0 aliphatic heterocycles. The Balaban J connectivity index is 2.47. The van der Waals surface area contributed by atoms with Gasteiger partial charge in [-0.3, -0.25) is 4.98 Å². The molecule has 1 aromatic heterocycles. The zero-order chi connectivity index (χ0) is 10.4. The summed E-state index contributed by atoms with van der Waals surface area (Å²) in [7, 11) is 3.93. The van der Waals surface area contributed by atoms with Crippen molar-refractivity contribution in [2.45, 2.75) is 6.42 Å². The lowest BCUT2D eigenvalue weighted by molar-refractivity contribution is 0.708. The van der Waals surface area contributed by atoms with Gasteiger partial charge >= 0.3 is 0 Å². The second kappa shape index (κ2) is 5.78. The molecule has 1 N–H and O–H groups in total. The maximum absolute atomic E-state index is 5.74. The molecule has 0 aliphatic carbocycles. The van der Waals surface area contributed by atoms with Crippen molar-refractivity contribution in [2.75, 3.05) is 32.1 Å². The Morgan fingerprint density at radius 1 is 1.50 bits per heavy atom. The number of aromatic nitrogens is 2. The Hall–Kier alpha value is -0.870. The summed E-state index contributed by atoms with van der Waals surface area (Å²) in [6.45, 7) is 1.94. The van der Waals surface area contributed by atoms with Gasteiger partial charge in [0.25, 0.3) is 0 Å². The highest BCUT2D eigenvalue weighted by atomic mass is 35.5. The van der Waals surface area contributed by atoms with Crippen molar-refractivity contribution in [1.82, 2.24) is 15.3 Å². The topological polar surface area (TPSA) is 41.0 Å². The van der Waals surface area contributed by atoms with Crippen molar-refractivity contribution >= 4 is 17.4 Å². The number of nitrogens with zero attached hydrogens (tertiary/aromatic N) is 3.